The third-order valence-corrected chi connectivity index (χ3v) is 5.81. The van der Waals surface area contributed by atoms with E-state index in [1.807, 2.05) is 0 Å². The minimum absolute atomic E-state index is 0.0839. The number of nitrogens with one attached hydrogen (secondary N) is 1. The van der Waals surface area contributed by atoms with E-state index in [1.54, 1.807) is 0 Å². The van der Waals surface area contributed by atoms with Gasteiger partial charge in [-0.1, -0.05) is 0 Å². The molecule has 0 aromatic heterocycles. The van der Waals surface area contributed by atoms with Crippen LogP contribution in [-0.4, -0.2) is 60.5 Å². The Morgan fingerprint density at radius 2 is 1.71 bits per heavy atom. The summed E-state index contributed by atoms with van der Waals surface area (Å²) in [6, 6.07) is 0.834. The summed E-state index contributed by atoms with van der Waals surface area (Å²) in [7, 11) is 0. The molecule has 4 heteroatoms. The average molecular weight is 293 g/mol. The van der Waals surface area contributed by atoms with Gasteiger partial charge in [-0.2, -0.15) is 0 Å². The Balaban J connectivity index is 1.47. The molecule has 0 radical (unpaired) electrons. The van der Waals surface area contributed by atoms with Crippen LogP contribution in [0.5, 0.6) is 0 Å². The summed E-state index contributed by atoms with van der Waals surface area (Å²) in [6.45, 7) is 7.48. The van der Waals surface area contributed by atoms with Crippen molar-refractivity contribution < 1.29 is 4.79 Å². The SMILES string of the molecule is CC(C(=O)N1CCCCC1)N1CCC(C2CCCN2)CC1. The second kappa shape index (κ2) is 7.10. The molecule has 3 fully saturated rings. The van der Waals surface area contributed by atoms with E-state index in [0.29, 0.717) is 5.91 Å². The molecule has 3 aliphatic heterocycles. The second-order valence-electron chi connectivity index (χ2n) is 7.14. The molecule has 120 valence electrons. The van der Waals surface area contributed by atoms with Crippen LogP contribution in [0.15, 0.2) is 0 Å². The lowest BCUT2D eigenvalue weighted by Crippen LogP contribution is -2.51. The zero-order valence-corrected chi connectivity index (χ0v) is 13.5. The Morgan fingerprint density at radius 1 is 1.00 bits per heavy atom. The summed E-state index contributed by atoms with van der Waals surface area (Å²) < 4.78 is 0. The maximum absolute atomic E-state index is 12.6. The highest BCUT2D eigenvalue weighted by atomic mass is 16.2. The van der Waals surface area contributed by atoms with E-state index in [9.17, 15) is 4.79 Å². The van der Waals surface area contributed by atoms with E-state index in [0.717, 1.165) is 38.1 Å². The Hall–Kier alpha value is -0.610. The highest BCUT2D eigenvalue weighted by molar-refractivity contribution is 5.81. The minimum atomic E-state index is 0.0839. The molecule has 0 aromatic carbocycles. The standard InChI is InChI=1S/C17H31N3O/c1-14(17(21)20-10-3-2-4-11-20)19-12-7-15(8-13-19)16-6-5-9-18-16/h14-16,18H,2-13H2,1H3. The van der Waals surface area contributed by atoms with Crippen LogP contribution in [0.2, 0.25) is 0 Å². The molecule has 1 N–H and O–H groups in total. The Morgan fingerprint density at radius 3 is 2.33 bits per heavy atom. The molecular formula is C17H31N3O. The first-order valence-electron chi connectivity index (χ1n) is 9.02. The molecule has 2 unspecified atom stereocenters. The number of piperidine rings is 2. The topological polar surface area (TPSA) is 35.6 Å². The number of nitrogens with zero attached hydrogens (tertiary/aromatic N) is 2. The highest BCUT2D eigenvalue weighted by Gasteiger charge is 2.33. The molecule has 4 nitrogen and oxygen atoms in total. The van der Waals surface area contributed by atoms with Crippen LogP contribution in [0, 0.1) is 5.92 Å². The van der Waals surface area contributed by atoms with Crippen molar-refractivity contribution in [3.05, 3.63) is 0 Å². The molecule has 0 aromatic rings. The normalized spacial score (nSPS) is 30.5. The van der Waals surface area contributed by atoms with Gasteiger partial charge in [0.05, 0.1) is 6.04 Å². The van der Waals surface area contributed by atoms with Gasteiger partial charge < -0.3 is 10.2 Å². The van der Waals surface area contributed by atoms with Gasteiger partial charge in [-0.15, -0.1) is 0 Å². The largest absolute Gasteiger partial charge is 0.341 e. The smallest absolute Gasteiger partial charge is 0.239 e. The fourth-order valence-electron chi connectivity index (χ4n) is 4.36. The molecule has 0 bridgehead atoms. The van der Waals surface area contributed by atoms with Gasteiger partial charge >= 0.3 is 0 Å². The third-order valence-electron chi connectivity index (χ3n) is 5.81. The van der Waals surface area contributed by atoms with Gasteiger partial charge in [-0.25, -0.2) is 0 Å². The molecular weight excluding hydrogens is 262 g/mol. The van der Waals surface area contributed by atoms with Gasteiger partial charge in [0.2, 0.25) is 5.91 Å². The molecule has 3 heterocycles. The van der Waals surface area contributed by atoms with Crippen molar-refractivity contribution in [3.63, 3.8) is 0 Å². The summed E-state index contributed by atoms with van der Waals surface area (Å²) in [5, 5.41) is 3.65. The zero-order chi connectivity index (χ0) is 14.7. The van der Waals surface area contributed by atoms with Crippen LogP contribution in [0.3, 0.4) is 0 Å². The van der Waals surface area contributed by atoms with Crippen LogP contribution in [-0.2, 0) is 4.79 Å². The van der Waals surface area contributed by atoms with Crippen LogP contribution in [0.25, 0.3) is 0 Å². The van der Waals surface area contributed by atoms with Gasteiger partial charge in [-0.3, -0.25) is 9.69 Å². The van der Waals surface area contributed by atoms with Gasteiger partial charge in [0.15, 0.2) is 0 Å². The fourth-order valence-corrected chi connectivity index (χ4v) is 4.36. The summed E-state index contributed by atoms with van der Waals surface area (Å²) in [4.78, 5) is 17.1. The first-order valence-corrected chi connectivity index (χ1v) is 9.02. The van der Waals surface area contributed by atoms with Crippen LogP contribution in [0.4, 0.5) is 0 Å². The van der Waals surface area contributed by atoms with Crippen molar-refractivity contribution in [1.82, 2.24) is 15.1 Å². The van der Waals surface area contributed by atoms with E-state index < -0.39 is 0 Å². The van der Waals surface area contributed by atoms with E-state index >= 15 is 0 Å². The first kappa shape index (κ1) is 15.3. The molecule has 1 amide bonds. The lowest BCUT2D eigenvalue weighted by atomic mass is 9.88. The number of likely N-dealkylation sites (tertiary alicyclic amines) is 2. The second-order valence-corrected chi connectivity index (χ2v) is 7.14. The maximum Gasteiger partial charge on any atom is 0.239 e. The van der Waals surface area contributed by atoms with Gasteiger partial charge in [0.1, 0.15) is 0 Å². The third kappa shape index (κ3) is 3.59. The average Bonchev–Trinajstić information content (AvgIpc) is 3.09. The Bertz CT molecular complexity index is 340. The Labute approximate surface area is 129 Å². The zero-order valence-electron chi connectivity index (χ0n) is 13.5. The van der Waals surface area contributed by atoms with Crippen molar-refractivity contribution in [2.45, 2.75) is 64.0 Å². The minimum Gasteiger partial charge on any atom is -0.341 e. The number of amides is 1. The number of rotatable bonds is 3. The van der Waals surface area contributed by atoms with Crippen molar-refractivity contribution in [1.29, 1.82) is 0 Å². The number of hydrogen-bond donors (Lipinski definition) is 1. The molecule has 3 saturated heterocycles. The quantitative estimate of drug-likeness (QED) is 0.862. The van der Waals surface area contributed by atoms with Crippen LogP contribution < -0.4 is 5.32 Å². The predicted octanol–water partition coefficient (Wildman–Crippen LogP) is 1.85. The van der Waals surface area contributed by atoms with E-state index in [2.05, 4.69) is 22.0 Å². The summed E-state index contributed by atoms with van der Waals surface area (Å²) >= 11 is 0. The number of hydrogen-bond acceptors (Lipinski definition) is 3. The monoisotopic (exact) mass is 293 g/mol. The van der Waals surface area contributed by atoms with E-state index in [4.69, 9.17) is 0 Å². The highest BCUT2D eigenvalue weighted by Crippen LogP contribution is 2.27. The van der Waals surface area contributed by atoms with Crippen LogP contribution >= 0.6 is 0 Å². The summed E-state index contributed by atoms with van der Waals surface area (Å²) in [6.07, 6.45) is 8.88. The number of carbonyl (C=O) groups excluding carboxylic acids is 1. The molecule has 3 rings (SSSR count). The van der Waals surface area contributed by atoms with Gasteiger partial charge in [0, 0.05) is 19.1 Å². The summed E-state index contributed by atoms with van der Waals surface area (Å²) in [5.41, 5.74) is 0. The van der Waals surface area contributed by atoms with Crippen molar-refractivity contribution in [2.24, 2.45) is 5.92 Å². The lowest BCUT2D eigenvalue weighted by molar-refractivity contribution is -0.138. The van der Waals surface area contributed by atoms with Crippen LogP contribution in [0.1, 0.15) is 51.9 Å². The van der Waals surface area contributed by atoms with Crippen molar-refractivity contribution in [3.8, 4) is 0 Å². The lowest BCUT2D eigenvalue weighted by Gasteiger charge is -2.39. The van der Waals surface area contributed by atoms with Crippen molar-refractivity contribution >= 4 is 5.91 Å². The van der Waals surface area contributed by atoms with Gasteiger partial charge in [0.25, 0.3) is 0 Å². The van der Waals surface area contributed by atoms with E-state index in [-0.39, 0.29) is 6.04 Å². The Kier molecular flexibility index (Phi) is 5.17. The molecule has 0 aliphatic carbocycles. The number of carbonyl (C=O) groups is 1. The first-order chi connectivity index (χ1) is 10.3. The van der Waals surface area contributed by atoms with Crippen molar-refractivity contribution in [2.75, 3.05) is 32.7 Å². The summed E-state index contributed by atoms with van der Waals surface area (Å²) in [5.74, 6) is 1.20. The van der Waals surface area contributed by atoms with E-state index in [1.165, 1.54) is 51.5 Å². The van der Waals surface area contributed by atoms with Gasteiger partial charge in [-0.05, 0) is 77.4 Å². The molecule has 2 atom stereocenters. The fraction of sp³-hybridized carbons (Fsp3) is 0.941. The molecule has 21 heavy (non-hydrogen) atoms. The molecule has 3 aliphatic rings. The molecule has 0 spiro atoms. The maximum atomic E-state index is 12.6. The predicted molar refractivity (Wildman–Crippen MR) is 85.2 cm³/mol. The molecule has 0 saturated carbocycles.